The normalized spacial score (nSPS) is 14.0. The number of rotatable bonds is 8. The molecule has 2 heterocycles. The fourth-order valence-corrected chi connectivity index (χ4v) is 3.73. The van der Waals surface area contributed by atoms with Crippen LogP contribution in [-0.4, -0.2) is 60.4 Å². The van der Waals surface area contributed by atoms with Gasteiger partial charge in [0.1, 0.15) is 19.0 Å². The molecule has 4 rings (SSSR count). The second-order valence-electron chi connectivity index (χ2n) is 7.70. The van der Waals surface area contributed by atoms with Gasteiger partial charge in [-0.15, -0.1) is 6.42 Å². The van der Waals surface area contributed by atoms with E-state index in [0.29, 0.717) is 24.6 Å². The minimum atomic E-state index is -0.0266. The van der Waals surface area contributed by atoms with E-state index in [1.54, 1.807) is 6.20 Å². The number of carbonyl (C=O) groups excluding carboxylic acids is 1. The lowest BCUT2D eigenvalue weighted by molar-refractivity contribution is -0.136. The Morgan fingerprint density at radius 1 is 1.24 bits per heavy atom. The zero-order chi connectivity index (χ0) is 23.0. The molecule has 1 aliphatic heterocycles. The summed E-state index contributed by atoms with van der Waals surface area (Å²) in [7, 11) is 1.53. The van der Waals surface area contributed by atoms with Crippen molar-refractivity contribution in [1.82, 2.24) is 14.9 Å². The highest BCUT2D eigenvalue weighted by atomic mass is 16.5. The van der Waals surface area contributed by atoms with E-state index >= 15 is 0 Å². The number of carbonyl (C=O) groups is 1. The van der Waals surface area contributed by atoms with Gasteiger partial charge < -0.3 is 24.4 Å². The Kier molecular flexibility index (Phi) is 7.22. The molecule has 0 atom stereocenters. The number of nitrogens with zero attached hydrogens (tertiary/aromatic N) is 3. The molecule has 2 aromatic carbocycles. The van der Waals surface area contributed by atoms with Crippen molar-refractivity contribution < 1.29 is 19.0 Å². The topological polar surface area (TPSA) is 85.8 Å². The van der Waals surface area contributed by atoms with Gasteiger partial charge in [-0.3, -0.25) is 4.79 Å². The third-order valence-corrected chi connectivity index (χ3v) is 5.46. The van der Waals surface area contributed by atoms with E-state index in [-0.39, 0.29) is 25.3 Å². The fourth-order valence-electron chi connectivity index (χ4n) is 3.73. The van der Waals surface area contributed by atoms with Crippen LogP contribution in [0, 0.1) is 12.3 Å². The maximum atomic E-state index is 12.0. The van der Waals surface area contributed by atoms with Crippen LogP contribution < -0.4 is 14.8 Å². The first kappa shape index (κ1) is 22.4. The van der Waals surface area contributed by atoms with Crippen LogP contribution in [0.1, 0.15) is 18.4 Å². The van der Waals surface area contributed by atoms with Crippen LogP contribution >= 0.6 is 0 Å². The Bertz CT molecular complexity index is 1150. The predicted molar refractivity (Wildman–Crippen MR) is 125 cm³/mol. The van der Waals surface area contributed by atoms with Gasteiger partial charge in [-0.1, -0.05) is 12.0 Å². The van der Waals surface area contributed by atoms with Gasteiger partial charge in [-0.05, 0) is 24.3 Å². The van der Waals surface area contributed by atoms with Crippen LogP contribution in [0.3, 0.4) is 0 Å². The lowest BCUT2D eigenvalue weighted by Gasteiger charge is -2.32. The first-order valence-electron chi connectivity index (χ1n) is 10.8. The molecule has 1 N–H and O–H groups in total. The minimum absolute atomic E-state index is 0.00260. The molecule has 8 nitrogen and oxygen atoms in total. The summed E-state index contributed by atoms with van der Waals surface area (Å²) in [6.07, 6.45) is 10.2. The molecule has 0 spiro atoms. The number of anilines is 1. The number of ether oxygens (including phenoxy) is 3. The molecule has 8 heteroatoms. The van der Waals surface area contributed by atoms with Gasteiger partial charge in [0, 0.05) is 61.9 Å². The van der Waals surface area contributed by atoms with E-state index in [2.05, 4.69) is 21.2 Å². The van der Waals surface area contributed by atoms with Gasteiger partial charge in [0.05, 0.1) is 5.52 Å². The molecule has 170 valence electrons. The molecule has 0 radical (unpaired) electrons. The zero-order valence-electron chi connectivity index (χ0n) is 18.5. The van der Waals surface area contributed by atoms with Crippen LogP contribution in [0.4, 0.5) is 5.69 Å². The van der Waals surface area contributed by atoms with E-state index in [4.69, 9.17) is 20.6 Å². The summed E-state index contributed by atoms with van der Waals surface area (Å²) in [6, 6.07) is 11.3. The maximum Gasteiger partial charge on any atom is 0.248 e. The SMILES string of the molecule is C#Cc1cccc(NCOc2cc3ncncc3cc2OC2CCN(C(=O)COC)CC2)c1. The average Bonchev–Trinajstić information content (AvgIpc) is 2.85. The van der Waals surface area contributed by atoms with Crippen LogP contribution in [0.5, 0.6) is 11.5 Å². The molecular formula is C25H26N4O4. The molecule has 1 aliphatic rings. The van der Waals surface area contributed by atoms with E-state index < -0.39 is 0 Å². The smallest absolute Gasteiger partial charge is 0.248 e. The molecule has 3 aromatic rings. The third kappa shape index (κ3) is 5.70. The van der Waals surface area contributed by atoms with Crippen molar-refractivity contribution in [2.75, 3.05) is 38.9 Å². The van der Waals surface area contributed by atoms with Crippen LogP contribution in [-0.2, 0) is 9.53 Å². The van der Waals surface area contributed by atoms with Gasteiger partial charge in [0.25, 0.3) is 0 Å². The Labute approximate surface area is 192 Å². The molecule has 1 fully saturated rings. The zero-order valence-corrected chi connectivity index (χ0v) is 18.5. The van der Waals surface area contributed by atoms with Gasteiger partial charge in [0.2, 0.25) is 5.91 Å². The highest BCUT2D eigenvalue weighted by Crippen LogP contribution is 2.33. The monoisotopic (exact) mass is 446 g/mol. The van der Waals surface area contributed by atoms with Crippen molar-refractivity contribution in [3.8, 4) is 23.8 Å². The first-order valence-corrected chi connectivity index (χ1v) is 10.8. The highest BCUT2D eigenvalue weighted by molar-refractivity contribution is 5.81. The number of piperidine rings is 1. The Morgan fingerprint density at radius 2 is 2.09 bits per heavy atom. The second-order valence-corrected chi connectivity index (χ2v) is 7.70. The van der Waals surface area contributed by atoms with Gasteiger partial charge in [-0.2, -0.15) is 0 Å². The quantitative estimate of drug-likeness (QED) is 0.420. The van der Waals surface area contributed by atoms with E-state index in [1.807, 2.05) is 41.3 Å². The molecule has 1 aromatic heterocycles. The number of aromatic nitrogens is 2. The Balaban J connectivity index is 1.45. The third-order valence-electron chi connectivity index (χ3n) is 5.46. The average molecular weight is 447 g/mol. The van der Waals surface area contributed by atoms with Gasteiger partial charge in [-0.25, -0.2) is 9.97 Å². The summed E-state index contributed by atoms with van der Waals surface area (Å²) < 4.78 is 17.3. The Morgan fingerprint density at radius 3 is 2.88 bits per heavy atom. The fraction of sp³-hybridized carbons (Fsp3) is 0.320. The van der Waals surface area contributed by atoms with Crippen molar-refractivity contribution in [1.29, 1.82) is 0 Å². The summed E-state index contributed by atoms with van der Waals surface area (Å²) in [5.74, 6) is 3.83. The van der Waals surface area contributed by atoms with E-state index in [9.17, 15) is 4.79 Å². The number of nitrogens with one attached hydrogen (secondary N) is 1. The Hall–Kier alpha value is -3.83. The first-order chi connectivity index (χ1) is 16.2. The molecule has 0 bridgehead atoms. The lowest BCUT2D eigenvalue weighted by Crippen LogP contribution is -2.43. The molecule has 1 saturated heterocycles. The number of methoxy groups -OCH3 is 1. The summed E-state index contributed by atoms with van der Waals surface area (Å²) in [6.45, 7) is 1.59. The minimum Gasteiger partial charge on any atom is -0.486 e. The van der Waals surface area contributed by atoms with Crippen LogP contribution in [0.25, 0.3) is 10.9 Å². The number of terminal acetylenes is 1. The number of hydrogen-bond donors (Lipinski definition) is 1. The number of hydrogen-bond acceptors (Lipinski definition) is 7. The number of amides is 1. The lowest BCUT2D eigenvalue weighted by atomic mass is 10.1. The van der Waals surface area contributed by atoms with Gasteiger partial charge >= 0.3 is 0 Å². The maximum absolute atomic E-state index is 12.0. The van der Waals surface area contributed by atoms with Crippen molar-refractivity contribution in [3.05, 3.63) is 54.5 Å². The number of benzene rings is 2. The van der Waals surface area contributed by atoms with Crippen molar-refractivity contribution in [3.63, 3.8) is 0 Å². The summed E-state index contributed by atoms with van der Waals surface area (Å²) >= 11 is 0. The second kappa shape index (κ2) is 10.7. The van der Waals surface area contributed by atoms with E-state index in [1.165, 1.54) is 13.4 Å². The number of likely N-dealkylation sites (tertiary alicyclic amines) is 1. The van der Waals surface area contributed by atoms with E-state index in [0.717, 1.165) is 35.0 Å². The summed E-state index contributed by atoms with van der Waals surface area (Å²) in [5.41, 5.74) is 2.42. The molecule has 0 aliphatic carbocycles. The molecular weight excluding hydrogens is 420 g/mol. The largest absolute Gasteiger partial charge is 0.486 e. The van der Waals surface area contributed by atoms with Crippen LogP contribution in [0.15, 0.2) is 48.9 Å². The number of fused-ring (bicyclic) bond motifs is 1. The predicted octanol–water partition coefficient (Wildman–Crippen LogP) is 3.08. The van der Waals surface area contributed by atoms with Crippen LogP contribution in [0.2, 0.25) is 0 Å². The van der Waals surface area contributed by atoms with Crippen molar-refractivity contribution >= 4 is 22.5 Å². The van der Waals surface area contributed by atoms with Crippen molar-refractivity contribution in [2.24, 2.45) is 0 Å². The highest BCUT2D eigenvalue weighted by Gasteiger charge is 2.25. The van der Waals surface area contributed by atoms with Gasteiger partial charge in [0.15, 0.2) is 18.2 Å². The summed E-state index contributed by atoms with van der Waals surface area (Å²) in [5, 5.41) is 4.08. The summed E-state index contributed by atoms with van der Waals surface area (Å²) in [4.78, 5) is 22.3. The molecule has 0 unspecified atom stereocenters. The standard InChI is InChI=1S/C25H26N4O4/c1-3-18-5-4-6-20(11-18)28-17-32-23-13-22-19(14-26-16-27-22)12-24(23)33-21-7-9-29(10-8-21)25(30)15-31-2/h1,4-6,11-14,16,21,28H,7-10,15,17H2,2H3. The molecule has 33 heavy (non-hydrogen) atoms. The molecule has 0 saturated carbocycles. The molecule has 1 amide bonds. The van der Waals surface area contributed by atoms with Crippen molar-refractivity contribution in [2.45, 2.75) is 18.9 Å².